The summed E-state index contributed by atoms with van der Waals surface area (Å²) in [6, 6.07) is 12.8. The van der Waals surface area contributed by atoms with Crippen LogP contribution < -0.4 is 0 Å². The van der Waals surface area contributed by atoms with E-state index in [2.05, 4.69) is 9.72 Å². The third-order valence-electron chi connectivity index (χ3n) is 3.76. The third-order valence-corrected chi connectivity index (χ3v) is 3.76. The van der Waals surface area contributed by atoms with Crippen molar-refractivity contribution in [2.75, 3.05) is 20.3 Å². The molecule has 0 fully saturated rings. The van der Waals surface area contributed by atoms with Gasteiger partial charge in [0.05, 0.1) is 12.8 Å². The molecular formula is C20H22N2O5. The largest absolute Gasteiger partial charge is 0.508 e. The number of ether oxygens (including phenoxy) is 2. The quantitative estimate of drug-likeness (QED) is 0.438. The summed E-state index contributed by atoms with van der Waals surface area (Å²) in [5.74, 6) is -0.367. The summed E-state index contributed by atoms with van der Waals surface area (Å²) in [6.07, 6.45) is 2.61. The van der Waals surface area contributed by atoms with Crippen molar-refractivity contribution in [2.45, 2.75) is 13.5 Å². The Balaban J connectivity index is 2.08. The number of H-pyrrole nitrogens is 1. The molecule has 1 N–H and O–H groups in total. The molecule has 0 radical (unpaired) electrons. The molecule has 1 aromatic carbocycles. The second-order valence-electron chi connectivity index (χ2n) is 5.75. The van der Waals surface area contributed by atoms with Gasteiger partial charge in [-0.1, -0.05) is 36.4 Å². The number of aromatic amines is 1. The van der Waals surface area contributed by atoms with Crippen molar-refractivity contribution in [2.24, 2.45) is 0 Å². The molecular weight excluding hydrogens is 348 g/mol. The van der Waals surface area contributed by atoms with Crippen molar-refractivity contribution in [3.8, 4) is 0 Å². The van der Waals surface area contributed by atoms with Crippen LogP contribution in [0.15, 0.2) is 54.6 Å². The van der Waals surface area contributed by atoms with Gasteiger partial charge in [-0.25, -0.2) is 4.79 Å². The van der Waals surface area contributed by atoms with Gasteiger partial charge in [0, 0.05) is 20.0 Å². The fourth-order valence-corrected chi connectivity index (χ4v) is 2.36. The fourth-order valence-electron chi connectivity index (χ4n) is 2.36. The Morgan fingerprint density at radius 1 is 1.04 bits per heavy atom. The highest BCUT2D eigenvalue weighted by molar-refractivity contribution is 5.97. The van der Waals surface area contributed by atoms with Gasteiger partial charge in [0.2, 0.25) is 0 Å². The molecule has 0 saturated heterocycles. The van der Waals surface area contributed by atoms with E-state index in [9.17, 15) is 14.4 Å². The van der Waals surface area contributed by atoms with E-state index in [0.29, 0.717) is 24.5 Å². The molecule has 0 aliphatic rings. The standard InChI is InChI=1S/C20H22N2O5/c1-15(23)17-10-11-18(21-17)19(24)22(14-16-8-4-3-5-9-16)12-6-7-13-27-20(25)26-2/h3-11,21H,12-14H2,1-2H3/b7-6+. The topological polar surface area (TPSA) is 88.7 Å². The molecule has 27 heavy (non-hydrogen) atoms. The van der Waals surface area contributed by atoms with Gasteiger partial charge >= 0.3 is 6.16 Å². The first kappa shape index (κ1) is 20.0. The van der Waals surface area contributed by atoms with E-state index in [4.69, 9.17) is 4.74 Å². The Hall–Kier alpha value is -3.35. The number of nitrogens with zero attached hydrogens (tertiary/aromatic N) is 1. The van der Waals surface area contributed by atoms with Crippen LogP contribution in [0.25, 0.3) is 0 Å². The van der Waals surface area contributed by atoms with Crippen LogP contribution in [0.4, 0.5) is 4.79 Å². The Bertz CT molecular complexity index is 811. The number of Topliss-reactive ketones (excluding diaryl/α,β-unsaturated/α-hetero) is 1. The number of hydrogen-bond acceptors (Lipinski definition) is 5. The summed E-state index contributed by atoms with van der Waals surface area (Å²) < 4.78 is 9.15. The zero-order chi connectivity index (χ0) is 19.6. The fraction of sp³-hybridized carbons (Fsp3) is 0.250. The third kappa shape index (κ3) is 6.14. The van der Waals surface area contributed by atoms with Crippen LogP contribution in [0.3, 0.4) is 0 Å². The molecule has 1 amide bonds. The smallest absolute Gasteiger partial charge is 0.438 e. The molecule has 142 valence electrons. The number of rotatable bonds is 8. The monoisotopic (exact) mass is 370 g/mol. The molecule has 2 rings (SSSR count). The van der Waals surface area contributed by atoms with E-state index >= 15 is 0 Å². The summed E-state index contributed by atoms with van der Waals surface area (Å²) in [5.41, 5.74) is 1.71. The van der Waals surface area contributed by atoms with Crippen molar-refractivity contribution in [3.63, 3.8) is 0 Å². The van der Waals surface area contributed by atoms with Crippen molar-refractivity contribution in [1.29, 1.82) is 0 Å². The van der Waals surface area contributed by atoms with Crippen LogP contribution in [0.5, 0.6) is 0 Å². The minimum absolute atomic E-state index is 0.0526. The van der Waals surface area contributed by atoms with Crippen LogP contribution in [0.2, 0.25) is 0 Å². The molecule has 0 spiro atoms. The Morgan fingerprint density at radius 2 is 1.74 bits per heavy atom. The molecule has 2 aromatic rings. The van der Waals surface area contributed by atoms with E-state index in [1.165, 1.54) is 14.0 Å². The number of methoxy groups -OCH3 is 1. The molecule has 7 nitrogen and oxygen atoms in total. The van der Waals surface area contributed by atoms with E-state index in [1.807, 2.05) is 30.3 Å². The minimum atomic E-state index is -0.764. The Labute approximate surface area is 157 Å². The van der Waals surface area contributed by atoms with Crippen LogP contribution in [0.1, 0.15) is 33.5 Å². The Morgan fingerprint density at radius 3 is 2.37 bits per heavy atom. The molecule has 0 aliphatic heterocycles. The van der Waals surface area contributed by atoms with Crippen LogP contribution in [-0.2, 0) is 16.0 Å². The molecule has 0 aliphatic carbocycles. The number of benzene rings is 1. The molecule has 0 saturated carbocycles. The highest BCUT2D eigenvalue weighted by atomic mass is 16.7. The first-order valence-corrected chi connectivity index (χ1v) is 8.40. The summed E-state index contributed by atoms with van der Waals surface area (Å²) in [7, 11) is 1.23. The number of aromatic nitrogens is 1. The average molecular weight is 370 g/mol. The average Bonchev–Trinajstić information content (AvgIpc) is 3.17. The number of amides is 1. The molecule has 0 bridgehead atoms. The Kier molecular flexibility index (Phi) is 7.37. The van der Waals surface area contributed by atoms with E-state index in [1.54, 1.807) is 29.2 Å². The van der Waals surface area contributed by atoms with Crippen LogP contribution in [0, 0.1) is 0 Å². The second-order valence-corrected chi connectivity index (χ2v) is 5.75. The lowest BCUT2D eigenvalue weighted by Gasteiger charge is -2.21. The second kappa shape index (κ2) is 9.96. The first-order valence-electron chi connectivity index (χ1n) is 8.40. The van der Waals surface area contributed by atoms with Gasteiger partial charge in [-0.05, 0) is 23.8 Å². The van der Waals surface area contributed by atoms with E-state index < -0.39 is 6.16 Å². The van der Waals surface area contributed by atoms with Crippen molar-refractivity contribution >= 4 is 17.8 Å². The number of nitrogens with one attached hydrogen (secondary N) is 1. The molecule has 1 heterocycles. The highest BCUT2D eigenvalue weighted by Crippen LogP contribution is 2.11. The lowest BCUT2D eigenvalue weighted by molar-refractivity contribution is 0.0751. The van der Waals surface area contributed by atoms with Gasteiger partial charge in [0.1, 0.15) is 12.3 Å². The van der Waals surface area contributed by atoms with Crippen molar-refractivity contribution in [3.05, 3.63) is 71.6 Å². The minimum Gasteiger partial charge on any atom is -0.438 e. The summed E-state index contributed by atoms with van der Waals surface area (Å²) in [6.45, 7) is 2.20. The van der Waals surface area contributed by atoms with Gasteiger partial charge in [-0.2, -0.15) is 0 Å². The van der Waals surface area contributed by atoms with E-state index in [0.717, 1.165) is 5.56 Å². The predicted octanol–water partition coefficient (Wildman–Crippen LogP) is 3.20. The zero-order valence-corrected chi connectivity index (χ0v) is 15.3. The predicted molar refractivity (Wildman–Crippen MR) is 99.5 cm³/mol. The number of hydrogen-bond donors (Lipinski definition) is 1. The zero-order valence-electron chi connectivity index (χ0n) is 15.3. The molecule has 7 heteroatoms. The molecule has 1 aromatic heterocycles. The highest BCUT2D eigenvalue weighted by Gasteiger charge is 2.17. The van der Waals surface area contributed by atoms with Gasteiger partial charge in [-0.3, -0.25) is 9.59 Å². The van der Waals surface area contributed by atoms with Crippen LogP contribution >= 0.6 is 0 Å². The maximum absolute atomic E-state index is 12.8. The summed E-state index contributed by atoms with van der Waals surface area (Å²) in [5, 5.41) is 0. The van der Waals surface area contributed by atoms with Gasteiger partial charge < -0.3 is 19.4 Å². The SMILES string of the molecule is COC(=O)OC/C=C/CN(Cc1ccccc1)C(=O)c1ccc(C(C)=O)[nH]1. The summed E-state index contributed by atoms with van der Waals surface area (Å²) in [4.78, 5) is 39.7. The number of ketones is 1. The molecule has 0 unspecified atom stereocenters. The van der Waals surface area contributed by atoms with E-state index in [-0.39, 0.29) is 18.3 Å². The van der Waals surface area contributed by atoms with Crippen molar-refractivity contribution < 1.29 is 23.9 Å². The summed E-state index contributed by atoms with van der Waals surface area (Å²) >= 11 is 0. The van der Waals surface area contributed by atoms with Gasteiger partial charge in [0.25, 0.3) is 5.91 Å². The molecule has 0 atom stereocenters. The maximum Gasteiger partial charge on any atom is 0.508 e. The number of carbonyl (C=O) groups excluding carboxylic acids is 3. The van der Waals surface area contributed by atoms with Gasteiger partial charge in [-0.15, -0.1) is 0 Å². The number of carbonyl (C=O) groups is 3. The van der Waals surface area contributed by atoms with Crippen molar-refractivity contribution in [1.82, 2.24) is 9.88 Å². The first-order chi connectivity index (χ1) is 13.0. The normalized spacial score (nSPS) is 10.6. The lowest BCUT2D eigenvalue weighted by Crippen LogP contribution is -2.31. The van der Waals surface area contributed by atoms with Gasteiger partial charge in [0.15, 0.2) is 5.78 Å². The maximum atomic E-state index is 12.8. The van der Waals surface area contributed by atoms with Crippen LogP contribution in [-0.4, -0.2) is 48.0 Å². The lowest BCUT2D eigenvalue weighted by atomic mass is 10.2.